The minimum absolute atomic E-state index is 0.134. The molecular formula is C34H36NO+. The van der Waals surface area contributed by atoms with Gasteiger partial charge in [0.05, 0.1) is 10.9 Å². The van der Waals surface area contributed by atoms with Gasteiger partial charge in [0.25, 0.3) is 0 Å². The van der Waals surface area contributed by atoms with E-state index < -0.39 is 0 Å². The third kappa shape index (κ3) is 3.42. The third-order valence-corrected chi connectivity index (χ3v) is 7.83. The number of hydrogen-bond acceptors (Lipinski definition) is 1. The normalized spacial score (nSPS) is 13.0. The van der Waals surface area contributed by atoms with Gasteiger partial charge in [-0.2, -0.15) is 0 Å². The van der Waals surface area contributed by atoms with Gasteiger partial charge in [-0.25, -0.2) is 4.57 Å². The number of fused-ring (bicyclic) bond motifs is 5. The molecule has 1 aromatic heterocycles. The largest absolute Gasteiger partial charge is 0.455 e. The van der Waals surface area contributed by atoms with Crippen molar-refractivity contribution in [3.63, 3.8) is 0 Å². The zero-order chi connectivity index (χ0) is 25.5. The molecule has 0 aliphatic carbocycles. The fourth-order valence-corrected chi connectivity index (χ4v) is 6.03. The van der Waals surface area contributed by atoms with Crippen molar-refractivity contribution in [1.82, 2.24) is 0 Å². The first-order valence-corrected chi connectivity index (χ1v) is 13.2. The van der Waals surface area contributed by atoms with Crippen molar-refractivity contribution in [2.75, 3.05) is 0 Å². The standard InChI is InChI=1S/C34H36NO/c1-19(2)22-10-11-23-17-29-31-25(27(23)16-22)13-14-35(8)32(31)30-21(4)26-15-20(3)9-12-24(26)28(33(30)36-29)18-34(5,6)7/h9-17,19H,18H2,1-8H3/q+1. The van der Waals surface area contributed by atoms with E-state index in [1.165, 1.54) is 65.8 Å². The first kappa shape index (κ1) is 23.0. The summed E-state index contributed by atoms with van der Waals surface area (Å²) in [6.45, 7) is 15.9. The summed E-state index contributed by atoms with van der Waals surface area (Å²) in [7, 11) is 2.17. The molecule has 182 valence electrons. The summed E-state index contributed by atoms with van der Waals surface area (Å²) in [6.07, 6.45) is 3.18. The van der Waals surface area contributed by atoms with Crippen LogP contribution >= 0.6 is 0 Å². The average Bonchev–Trinajstić information content (AvgIpc) is 2.82. The van der Waals surface area contributed by atoms with Gasteiger partial charge >= 0.3 is 0 Å². The molecule has 6 rings (SSSR count). The van der Waals surface area contributed by atoms with Gasteiger partial charge in [0, 0.05) is 17.0 Å². The molecule has 0 saturated carbocycles. The maximum Gasteiger partial charge on any atom is 0.228 e. The molecule has 0 amide bonds. The Bertz CT molecular complexity index is 1720. The number of pyridine rings is 1. The number of benzene rings is 4. The smallest absolute Gasteiger partial charge is 0.228 e. The quantitative estimate of drug-likeness (QED) is 0.180. The Morgan fingerprint density at radius 2 is 1.64 bits per heavy atom. The second kappa shape index (κ2) is 7.80. The molecular weight excluding hydrogens is 438 g/mol. The second-order valence-electron chi connectivity index (χ2n) is 12.3. The predicted octanol–water partition coefficient (Wildman–Crippen LogP) is 9.07. The highest BCUT2D eigenvalue weighted by Gasteiger charge is 2.34. The molecule has 5 aromatic rings. The fourth-order valence-electron chi connectivity index (χ4n) is 6.03. The second-order valence-corrected chi connectivity index (χ2v) is 12.3. The Labute approximate surface area is 214 Å². The molecule has 2 heteroatoms. The summed E-state index contributed by atoms with van der Waals surface area (Å²) in [4.78, 5) is 0. The molecule has 4 aromatic carbocycles. The van der Waals surface area contributed by atoms with Crippen LogP contribution in [0.2, 0.25) is 0 Å². The number of hydrogen-bond donors (Lipinski definition) is 0. The number of ether oxygens (including phenoxy) is 1. The Hall–Kier alpha value is -3.39. The van der Waals surface area contributed by atoms with Gasteiger partial charge in [-0.3, -0.25) is 0 Å². The van der Waals surface area contributed by atoms with Gasteiger partial charge in [0.1, 0.15) is 18.5 Å². The van der Waals surface area contributed by atoms with E-state index in [1.54, 1.807) is 0 Å². The molecule has 0 bridgehead atoms. The average molecular weight is 475 g/mol. The zero-order valence-corrected chi connectivity index (χ0v) is 22.8. The summed E-state index contributed by atoms with van der Waals surface area (Å²) in [5, 5.41) is 7.67. The zero-order valence-electron chi connectivity index (χ0n) is 22.8. The molecule has 0 atom stereocenters. The van der Waals surface area contributed by atoms with Crippen molar-refractivity contribution in [1.29, 1.82) is 0 Å². The molecule has 0 N–H and O–H groups in total. The van der Waals surface area contributed by atoms with Crippen LogP contribution in [0.1, 0.15) is 62.8 Å². The van der Waals surface area contributed by atoms with Crippen LogP contribution in [0.5, 0.6) is 11.5 Å². The third-order valence-electron chi connectivity index (χ3n) is 7.83. The van der Waals surface area contributed by atoms with Crippen LogP contribution < -0.4 is 9.30 Å². The highest BCUT2D eigenvalue weighted by Crippen LogP contribution is 2.52. The van der Waals surface area contributed by atoms with E-state index in [1.807, 2.05) is 0 Å². The van der Waals surface area contributed by atoms with Crippen molar-refractivity contribution >= 4 is 32.3 Å². The van der Waals surface area contributed by atoms with E-state index in [0.29, 0.717) is 5.92 Å². The maximum atomic E-state index is 6.97. The van der Waals surface area contributed by atoms with Gasteiger partial charge in [0.2, 0.25) is 5.69 Å². The minimum atomic E-state index is 0.134. The van der Waals surface area contributed by atoms with Crippen LogP contribution in [-0.2, 0) is 13.5 Å². The van der Waals surface area contributed by atoms with Crippen LogP contribution in [0.4, 0.5) is 0 Å². The van der Waals surface area contributed by atoms with E-state index in [-0.39, 0.29) is 5.41 Å². The number of aryl methyl sites for hydroxylation is 3. The van der Waals surface area contributed by atoms with Crippen LogP contribution in [0.3, 0.4) is 0 Å². The van der Waals surface area contributed by atoms with E-state index >= 15 is 0 Å². The monoisotopic (exact) mass is 474 g/mol. The number of aromatic nitrogens is 1. The van der Waals surface area contributed by atoms with E-state index in [0.717, 1.165) is 17.9 Å². The van der Waals surface area contributed by atoms with E-state index in [9.17, 15) is 0 Å². The molecule has 0 fully saturated rings. The molecule has 2 nitrogen and oxygen atoms in total. The topological polar surface area (TPSA) is 13.1 Å². The molecule has 1 aliphatic rings. The Morgan fingerprint density at radius 1 is 0.861 bits per heavy atom. The van der Waals surface area contributed by atoms with E-state index in [2.05, 4.69) is 115 Å². The van der Waals surface area contributed by atoms with Gasteiger partial charge in [-0.05, 0) is 70.3 Å². The predicted molar refractivity (Wildman–Crippen MR) is 152 cm³/mol. The summed E-state index contributed by atoms with van der Waals surface area (Å²) >= 11 is 0. The summed E-state index contributed by atoms with van der Waals surface area (Å²) in [6, 6.07) is 18.3. The molecule has 0 saturated heterocycles. The number of rotatable bonds is 2. The van der Waals surface area contributed by atoms with Crippen molar-refractivity contribution in [2.24, 2.45) is 12.5 Å². The van der Waals surface area contributed by atoms with Crippen molar-refractivity contribution in [3.05, 3.63) is 77.0 Å². The van der Waals surface area contributed by atoms with Crippen LogP contribution in [0, 0.1) is 19.3 Å². The lowest BCUT2D eigenvalue weighted by atomic mass is 9.81. The van der Waals surface area contributed by atoms with Crippen LogP contribution in [-0.4, -0.2) is 0 Å². The first-order chi connectivity index (χ1) is 17.0. The van der Waals surface area contributed by atoms with Crippen molar-refractivity contribution < 1.29 is 9.30 Å². The lowest BCUT2D eigenvalue weighted by Gasteiger charge is -2.28. The van der Waals surface area contributed by atoms with Gasteiger partial charge in [-0.15, -0.1) is 0 Å². The highest BCUT2D eigenvalue weighted by atomic mass is 16.5. The van der Waals surface area contributed by atoms with Crippen LogP contribution in [0.15, 0.2) is 54.7 Å². The highest BCUT2D eigenvalue weighted by molar-refractivity contribution is 6.16. The lowest BCUT2D eigenvalue weighted by Crippen LogP contribution is -2.32. The van der Waals surface area contributed by atoms with Crippen LogP contribution in [0.25, 0.3) is 43.6 Å². The fraction of sp³-hybridized carbons (Fsp3) is 0.324. The molecule has 0 unspecified atom stereocenters. The van der Waals surface area contributed by atoms with Gasteiger partial charge in [-0.1, -0.05) is 76.6 Å². The van der Waals surface area contributed by atoms with Gasteiger partial charge < -0.3 is 4.74 Å². The summed E-state index contributed by atoms with van der Waals surface area (Å²) in [5.74, 6) is 2.49. The Balaban J connectivity index is 1.79. The number of nitrogens with zero attached hydrogens (tertiary/aromatic N) is 1. The Kier molecular flexibility index (Phi) is 4.99. The minimum Gasteiger partial charge on any atom is -0.455 e. The summed E-state index contributed by atoms with van der Waals surface area (Å²) in [5.41, 5.74) is 7.91. The first-order valence-electron chi connectivity index (χ1n) is 13.2. The Morgan fingerprint density at radius 3 is 2.36 bits per heavy atom. The van der Waals surface area contributed by atoms with E-state index in [4.69, 9.17) is 4.74 Å². The van der Waals surface area contributed by atoms with Crippen molar-refractivity contribution in [3.8, 4) is 22.8 Å². The maximum absolute atomic E-state index is 6.97. The lowest BCUT2D eigenvalue weighted by molar-refractivity contribution is -0.659. The SMILES string of the molecule is Cc1ccc2c(CC(C)(C)C)c3c(c(C)c2c1)-c1c2c(cc4ccc(C(C)C)cc4c2cc[n+]1C)O3. The molecule has 1 aliphatic heterocycles. The molecule has 0 spiro atoms. The molecule has 2 heterocycles. The summed E-state index contributed by atoms with van der Waals surface area (Å²) < 4.78 is 9.27. The molecule has 0 radical (unpaired) electrons. The van der Waals surface area contributed by atoms with Gasteiger partial charge in [0.15, 0.2) is 6.20 Å². The van der Waals surface area contributed by atoms with Crippen molar-refractivity contribution in [2.45, 2.75) is 60.8 Å². The molecule has 36 heavy (non-hydrogen) atoms.